The van der Waals surface area contributed by atoms with E-state index in [1.54, 1.807) is 36.0 Å². The molecule has 0 spiro atoms. The quantitative estimate of drug-likeness (QED) is 0.400. The Labute approximate surface area is 133 Å². The van der Waals surface area contributed by atoms with Gasteiger partial charge in [0, 0.05) is 16.0 Å². The van der Waals surface area contributed by atoms with Crippen LogP contribution < -0.4 is 0 Å². The van der Waals surface area contributed by atoms with E-state index in [-0.39, 0.29) is 0 Å². The second kappa shape index (κ2) is 6.16. The van der Waals surface area contributed by atoms with Crippen LogP contribution in [0.1, 0.15) is 20.7 Å². The van der Waals surface area contributed by atoms with E-state index in [1.807, 2.05) is 48.7 Å². The summed E-state index contributed by atoms with van der Waals surface area (Å²) < 4.78 is 0. The minimum atomic E-state index is -0.470. The number of rotatable bonds is 4. The molecule has 3 aromatic carbocycles. The van der Waals surface area contributed by atoms with Crippen molar-refractivity contribution >= 4 is 34.1 Å². The number of carbonyl (C=O) groups is 2. The van der Waals surface area contributed by atoms with E-state index in [9.17, 15) is 9.59 Å². The van der Waals surface area contributed by atoms with Crippen LogP contribution >= 0.6 is 11.8 Å². The van der Waals surface area contributed by atoms with Crippen LogP contribution in [0.4, 0.5) is 0 Å². The van der Waals surface area contributed by atoms with Crippen molar-refractivity contribution in [3.05, 3.63) is 77.9 Å². The molecule has 0 amide bonds. The fourth-order valence-electron chi connectivity index (χ4n) is 2.34. The van der Waals surface area contributed by atoms with Gasteiger partial charge < -0.3 is 0 Å². The molecule has 0 atom stereocenters. The first kappa shape index (κ1) is 14.5. The van der Waals surface area contributed by atoms with E-state index >= 15 is 0 Å². The minimum Gasteiger partial charge on any atom is -0.285 e. The molecule has 0 saturated heterocycles. The molecule has 0 saturated carbocycles. The molecule has 0 heterocycles. The van der Waals surface area contributed by atoms with Gasteiger partial charge in [-0.25, -0.2) is 0 Å². The number of ketones is 2. The van der Waals surface area contributed by atoms with Gasteiger partial charge in [0.05, 0.1) is 0 Å². The van der Waals surface area contributed by atoms with Gasteiger partial charge in [-0.3, -0.25) is 9.59 Å². The van der Waals surface area contributed by atoms with Crippen molar-refractivity contribution in [3.8, 4) is 0 Å². The molecule has 0 aliphatic heterocycles. The fraction of sp³-hybridized carbons (Fsp3) is 0.0526. The van der Waals surface area contributed by atoms with E-state index in [2.05, 4.69) is 0 Å². The molecule has 0 fully saturated rings. The molecule has 0 aliphatic rings. The predicted octanol–water partition coefficient (Wildman–Crippen LogP) is 4.63. The van der Waals surface area contributed by atoms with Gasteiger partial charge in [-0.05, 0) is 47.4 Å². The lowest BCUT2D eigenvalue weighted by Gasteiger charge is -2.04. The number of carbonyl (C=O) groups excluding carboxylic acids is 2. The topological polar surface area (TPSA) is 34.1 Å². The zero-order valence-corrected chi connectivity index (χ0v) is 12.9. The number of Topliss-reactive ketones (excluding diaryl/α,β-unsaturated/α-hetero) is 2. The maximum atomic E-state index is 12.4. The fourth-order valence-corrected chi connectivity index (χ4v) is 2.74. The molecule has 3 heteroatoms. The molecule has 3 aromatic rings. The highest BCUT2D eigenvalue weighted by Crippen LogP contribution is 2.19. The summed E-state index contributed by atoms with van der Waals surface area (Å²) in [6.07, 6.45) is 1.97. The Hall–Kier alpha value is -2.39. The summed E-state index contributed by atoms with van der Waals surface area (Å²) in [6.45, 7) is 0. The number of hydrogen-bond donors (Lipinski definition) is 0. The average Bonchev–Trinajstić information content (AvgIpc) is 2.60. The smallest absolute Gasteiger partial charge is 0.233 e. The molecular formula is C19H14O2S. The summed E-state index contributed by atoms with van der Waals surface area (Å²) in [4.78, 5) is 25.8. The van der Waals surface area contributed by atoms with Crippen LogP contribution in [0.15, 0.2) is 71.6 Å². The van der Waals surface area contributed by atoms with Crippen LogP contribution in [0.3, 0.4) is 0 Å². The summed E-state index contributed by atoms with van der Waals surface area (Å²) in [5.74, 6) is -0.939. The molecule has 108 valence electrons. The van der Waals surface area contributed by atoms with Crippen LogP contribution in [-0.4, -0.2) is 17.8 Å². The molecule has 0 unspecified atom stereocenters. The summed E-state index contributed by atoms with van der Waals surface area (Å²) in [5.41, 5.74) is 0.855. The Kier molecular flexibility index (Phi) is 4.07. The molecule has 3 rings (SSSR count). The maximum Gasteiger partial charge on any atom is 0.233 e. The highest BCUT2D eigenvalue weighted by molar-refractivity contribution is 7.98. The third-order valence-electron chi connectivity index (χ3n) is 3.57. The standard InChI is InChI=1S/C19H14O2S/c1-22-17-10-8-14(9-11-17)18(20)19(21)16-7-6-13-4-2-3-5-15(13)12-16/h2-12H,1H3. The Morgan fingerprint density at radius 1 is 0.727 bits per heavy atom. The molecule has 0 aliphatic carbocycles. The maximum absolute atomic E-state index is 12.4. The zero-order valence-electron chi connectivity index (χ0n) is 12.1. The molecule has 0 radical (unpaired) electrons. The number of hydrogen-bond acceptors (Lipinski definition) is 3. The van der Waals surface area contributed by atoms with Gasteiger partial charge in [0.15, 0.2) is 0 Å². The van der Waals surface area contributed by atoms with Crippen LogP contribution in [0.25, 0.3) is 10.8 Å². The van der Waals surface area contributed by atoms with Gasteiger partial charge in [0.1, 0.15) is 0 Å². The van der Waals surface area contributed by atoms with Gasteiger partial charge in [-0.2, -0.15) is 0 Å². The molecule has 0 bridgehead atoms. The Morgan fingerprint density at radius 3 is 2.00 bits per heavy atom. The van der Waals surface area contributed by atoms with Crippen LogP contribution in [0.5, 0.6) is 0 Å². The van der Waals surface area contributed by atoms with Crippen LogP contribution in [0.2, 0.25) is 0 Å². The Bertz CT molecular complexity index is 851. The highest BCUT2D eigenvalue weighted by atomic mass is 32.2. The first-order chi connectivity index (χ1) is 10.7. The van der Waals surface area contributed by atoms with Crippen molar-refractivity contribution in [2.24, 2.45) is 0 Å². The summed E-state index contributed by atoms with van der Waals surface area (Å²) in [6, 6.07) is 20.2. The normalized spacial score (nSPS) is 10.6. The first-order valence-electron chi connectivity index (χ1n) is 6.91. The lowest BCUT2D eigenvalue weighted by atomic mass is 9.99. The van der Waals surface area contributed by atoms with Crippen molar-refractivity contribution in [1.82, 2.24) is 0 Å². The van der Waals surface area contributed by atoms with E-state index in [0.717, 1.165) is 15.7 Å². The van der Waals surface area contributed by atoms with E-state index < -0.39 is 11.6 Å². The summed E-state index contributed by atoms with van der Waals surface area (Å²) in [7, 11) is 0. The molecule has 0 aromatic heterocycles. The highest BCUT2D eigenvalue weighted by Gasteiger charge is 2.18. The third-order valence-corrected chi connectivity index (χ3v) is 4.31. The van der Waals surface area contributed by atoms with Gasteiger partial charge in [-0.1, -0.05) is 36.4 Å². The minimum absolute atomic E-state index is 0.427. The number of benzene rings is 3. The van der Waals surface area contributed by atoms with Gasteiger partial charge in [-0.15, -0.1) is 11.8 Å². The molecule has 2 nitrogen and oxygen atoms in total. The van der Waals surface area contributed by atoms with Crippen molar-refractivity contribution in [2.75, 3.05) is 6.26 Å². The third kappa shape index (κ3) is 2.81. The number of thioether (sulfide) groups is 1. The number of fused-ring (bicyclic) bond motifs is 1. The van der Waals surface area contributed by atoms with Crippen molar-refractivity contribution < 1.29 is 9.59 Å². The van der Waals surface area contributed by atoms with E-state index in [4.69, 9.17) is 0 Å². The van der Waals surface area contributed by atoms with Crippen molar-refractivity contribution in [2.45, 2.75) is 4.90 Å². The predicted molar refractivity (Wildman–Crippen MR) is 90.8 cm³/mol. The Balaban J connectivity index is 1.92. The first-order valence-corrected chi connectivity index (χ1v) is 8.13. The largest absolute Gasteiger partial charge is 0.285 e. The monoisotopic (exact) mass is 306 g/mol. The van der Waals surface area contributed by atoms with Gasteiger partial charge >= 0.3 is 0 Å². The zero-order chi connectivity index (χ0) is 15.5. The molecular weight excluding hydrogens is 292 g/mol. The lowest BCUT2D eigenvalue weighted by molar-refractivity contribution is 0.0817. The SMILES string of the molecule is CSc1ccc(C(=O)C(=O)c2ccc3ccccc3c2)cc1. The molecule has 0 N–H and O–H groups in total. The van der Waals surface area contributed by atoms with Gasteiger partial charge in [0.25, 0.3) is 0 Å². The van der Waals surface area contributed by atoms with E-state index in [0.29, 0.717) is 11.1 Å². The van der Waals surface area contributed by atoms with Crippen LogP contribution in [-0.2, 0) is 0 Å². The summed E-state index contributed by atoms with van der Waals surface area (Å²) >= 11 is 1.60. The van der Waals surface area contributed by atoms with Gasteiger partial charge in [0.2, 0.25) is 11.6 Å². The van der Waals surface area contributed by atoms with E-state index in [1.165, 1.54) is 0 Å². The Morgan fingerprint density at radius 2 is 1.32 bits per heavy atom. The van der Waals surface area contributed by atoms with Crippen molar-refractivity contribution in [3.63, 3.8) is 0 Å². The lowest BCUT2D eigenvalue weighted by Crippen LogP contribution is -2.14. The second-order valence-electron chi connectivity index (χ2n) is 4.95. The van der Waals surface area contributed by atoms with Crippen molar-refractivity contribution in [1.29, 1.82) is 0 Å². The average molecular weight is 306 g/mol. The second-order valence-corrected chi connectivity index (χ2v) is 5.83. The van der Waals surface area contributed by atoms with Crippen LogP contribution in [0, 0.1) is 0 Å². The molecule has 22 heavy (non-hydrogen) atoms. The summed E-state index contributed by atoms with van der Waals surface area (Å²) in [5, 5.41) is 2.01.